The van der Waals surface area contributed by atoms with Gasteiger partial charge < -0.3 is 20.2 Å². The SMILES string of the molecule is CC(O)CC(C)(C)CNC(=O)NCCc1nnc(-c2ccccc2)o1. The van der Waals surface area contributed by atoms with Crippen LogP contribution in [0.25, 0.3) is 11.5 Å². The van der Waals surface area contributed by atoms with E-state index >= 15 is 0 Å². The number of nitrogens with zero attached hydrogens (tertiary/aromatic N) is 2. The first-order valence-corrected chi connectivity index (χ1v) is 8.43. The number of benzene rings is 1. The van der Waals surface area contributed by atoms with E-state index < -0.39 is 6.10 Å². The number of aliphatic hydroxyl groups excluding tert-OH is 1. The molecule has 0 fully saturated rings. The summed E-state index contributed by atoms with van der Waals surface area (Å²) in [6, 6.07) is 9.29. The van der Waals surface area contributed by atoms with E-state index in [0.29, 0.717) is 37.7 Å². The summed E-state index contributed by atoms with van der Waals surface area (Å²) in [4.78, 5) is 11.8. The van der Waals surface area contributed by atoms with Crippen molar-refractivity contribution in [2.24, 2.45) is 5.41 Å². The second-order valence-electron chi connectivity index (χ2n) is 6.94. The van der Waals surface area contributed by atoms with Gasteiger partial charge in [0.15, 0.2) is 0 Å². The lowest BCUT2D eigenvalue weighted by atomic mass is 9.87. The number of amides is 2. The molecular formula is C18H26N4O3. The van der Waals surface area contributed by atoms with Crippen molar-refractivity contribution in [2.45, 2.75) is 39.7 Å². The number of carbonyl (C=O) groups is 1. The first-order chi connectivity index (χ1) is 11.9. The molecule has 1 aromatic heterocycles. The Hall–Kier alpha value is -2.41. The van der Waals surface area contributed by atoms with Crippen LogP contribution in [0.2, 0.25) is 0 Å². The molecule has 7 heteroatoms. The summed E-state index contributed by atoms with van der Waals surface area (Å²) in [6.45, 7) is 6.64. The van der Waals surface area contributed by atoms with Gasteiger partial charge in [-0.15, -0.1) is 10.2 Å². The normalized spacial score (nSPS) is 12.6. The molecule has 2 rings (SSSR count). The fourth-order valence-electron chi connectivity index (χ4n) is 2.59. The Morgan fingerprint density at radius 1 is 1.24 bits per heavy atom. The third kappa shape index (κ3) is 6.54. The molecule has 136 valence electrons. The third-order valence-electron chi connectivity index (χ3n) is 3.69. The quantitative estimate of drug-likeness (QED) is 0.681. The number of hydrogen-bond donors (Lipinski definition) is 3. The number of rotatable bonds is 8. The predicted octanol–water partition coefficient (Wildman–Crippen LogP) is 2.38. The highest BCUT2D eigenvalue weighted by Crippen LogP contribution is 2.21. The van der Waals surface area contributed by atoms with Crippen LogP contribution in [0.5, 0.6) is 0 Å². The Bertz CT molecular complexity index is 668. The fourth-order valence-corrected chi connectivity index (χ4v) is 2.59. The van der Waals surface area contributed by atoms with Crippen LogP contribution in [0.4, 0.5) is 4.79 Å². The van der Waals surface area contributed by atoms with E-state index in [1.807, 2.05) is 44.2 Å². The van der Waals surface area contributed by atoms with Crippen molar-refractivity contribution in [3.05, 3.63) is 36.2 Å². The van der Waals surface area contributed by atoms with Crippen molar-refractivity contribution in [2.75, 3.05) is 13.1 Å². The minimum absolute atomic E-state index is 0.164. The maximum absolute atomic E-state index is 11.8. The Balaban J connectivity index is 1.72. The number of nitrogens with one attached hydrogen (secondary N) is 2. The Kier molecular flexibility index (Phi) is 6.52. The van der Waals surface area contributed by atoms with Gasteiger partial charge in [-0.25, -0.2) is 4.79 Å². The van der Waals surface area contributed by atoms with Gasteiger partial charge in [0.25, 0.3) is 0 Å². The van der Waals surface area contributed by atoms with Crippen LogP contribution < -0.4 is 10.6 Å². The molecule has 1 atom stereocenters. The van der Waals surface area contributed by atoms with Crippen LogP contribution in [-0.2, 0) is 6.42 Å². The minimum atomic E-state index is -0.392. The standard InChI is InChI=1S/C18H26N4O3/c1-13(23)11-18(2,3)12-20-17(24)19-10-9-15-21-22-16(25-15)14-7-5-4-6-8-14/h4-8,13,23H,9-12H2,1-3H3,(H2,19,20,24). The van der Waals surface area contributed by atoms with Crippen LogP contribution in [0.1, 0.15) is 33.1 Å². The molecule has 0 spiro atoms. The monoisotopic (exact) mass is 346 g/mol. The molecule has 1 unspecified atom stereocenters. The number of aliphatic hydroxyl groups is 1. The lowest BCUT2D eigenvalue weighted by Crippen LogP contribution is -2.42. The zero-order valence-electron chi connectivity index (χ0n) is 15.0. The summed E-state index contributed by atoms with van der Waals surface area (Å²) in [5, 5.41) is 23.0. The Morgan fingerprint density at radius 3 is 2.64 bits per heavy atom. The lowest BCUT2D eigenvalue weighted by molar-refractivity contribution is 0.129. The number of urea groups is 1. The molecule has 0 saturated carbocycles. The summed E-state index contributed by atoms with van der Waals surface area (Å²) < 4.78 is 5.59. The summed E-state index contributed by atoms with van der Waals surface area (Å²) in [5.74, 6) is 0.952. The Morgan fingerprint density at radius 2 is 1.96 bits per heavy atom. The maximum Gasteiger partial charge on any atom is 0.314 e. The fraction of sp³-hybridized carbons (Fsp3) is 0.500. The average Bonchev–Trinajstić information content (AvgIpc) is 3.02. The molecule has 1 aromatic carbocycles. The van der Waals surface area contributed by atoms with E-state index in [-0.39, 0.29) is 11.4 Å². The smallest absolute Gasteiger partial charge is 0.314 e. The topological polar surface area (TPSA) is 100 Å². The second kappa shape index (κ2) is 8.62. The van der Waals surface area contributed by atoms with E-state index in [1.54, 1.807) is 6.92 Å². The van der Waals surface area contributed by atoms with E-state index in [4.69, 9.17) is 4.42 Å². The van der Waals surface area contributed by atoms with Gasteiger partial charge in [-0.2, -0.15) is 0 Å². The van der Waals surface area contributed by atoms with Gasteiger partial charge in [-0.05, 0) is 30.9 Å². The van der Waals surface area contributed by atoms with Crippen LogP contribution in [0.15, 0.2) is 34.7 Å². The average molecular weight is 346 g/mol. The molecule has 0 aliphatic heterocycles. The molecule has 25 heavy (non-hydrogen) atoms. The summed E-state index contributed by atoms with van der Waals surface area (Å²) in [7, 11) is 0. The van der Waals surface area contributed by atoms with Gasteiger partial charge in [-0.3, -0.25) is 0 Å². The molecule has 0 saturated heterocycles. The van der Waals surface area contributed by atoms with Crippen molar-refractivity contribution in [1.29, 1.82) is 0 Å². The number of carbonyl (C=O) groups excluding carboxylic acids is 1. The predicted molar refractivity (Wildman–Crippen MR) is 94.9 cm³/mol. The molecule has 2 amide bonds. The minimum Gasteiger partial charge on any atom is -0.421 e. The number of aromatic nitrogens is 2. The molecule has 1 heterocycles. The third-order valence-corrected chi connectivity index (χ3v) is 3.69. The van der Waals surface area contributed by atoms with Gasteiger partial charge >= 0.3 is 6.03 Å². The molecule has 0 bridgehead atoms. The van der Waals surface area contributed by atoms with E-state index in [1.165, 1.54) is 0 Å². The zero-order chi connectivity index (χ0) is 18.3. The highest BCUT2D eigenvalue weighted by molar-refractivity contribution is 5.73. The summed E-state index contributed by atoms with van der Waals surface area (Å²) in [5.41, 5.74) is 0.704. The van der Waals surface area contributed by atoms with Gasteiger partial charge in [0, 0.05) is 25.1 Å². The van der Waals surface area contributed by atoms with E-state index in [2.05, 4.69) is 20.8 Å². The first kappa shape index (κ1) is 18.9. The van der Waals surface area contributed by atoms with Crippen molar-refractivity contribution in [1.82, 2.24) is 20.8 Å². The lowest BCUT2D eigenvalue weighted by Gasteiger charge is -2.26. The number of hydrogen-bond acceptors (Lipinski definition) is 5. The van der Waals surface area contributed by atoms with Gasteiger partial charge in [-0.1, -0.05) is 32.0 Å². The van der Waals surface area contributed by atoms with Crippen LogP contribution >= 0.6 is 0 Å². The molecule has 7 nitrogen and oxygen atoms in total. The summed E-state index contributed by atoms with van der Waals surface area (Å²) in [6.07, 6.45) is 0.693. The highest BCUT2D eigenvalue weighted by Gasteiger charge is 2.21. The largest absolute Gasteiger partial charge is 0.421 e. The second-order valence-corrected chi connectivity index (χ2v) is 6.94. The highest BCUT2D eigenvalue weighted by atomic mass is 16.4. The van der Waals surface area contributed by atoms with Crippen LogP contribution in [0, 0.1) is 5.41 Å². The molecule has 0 aliphatic carbocycles. The van der Waals surface area contributed by atoms with E-state index in [9.17, 15) is 9.90 Å². The van der Waals surface area contributed by atoms with Crippen molar-refractivity contribution in [3.8, 4) is 11.5 Å². The van der Waals surface area contributed by atoms with Gasteiger partial charge in [0.1, 0.15) is 0 Å². The Labute approximate surface area is 147 Å². The maximum atomic E-state index is 11.8. The first-order valence-electron chi connectivity index (χ1n) is 8.43. The molecule has 0 aliphatic rings. The van der Waals surface area contributed by atoms with Crippen molar-refractivity contribution in [3.63, 3.8) is 0 Å². The van der Waals surface area contributed by atoms with E-state index in [0.717, 1.165) is 5.56 Å². The van der Waals surface area contributed by atoms with Crippen molar-refractivity contribution < 1.29 is 14.3 Å². The zero-order valence-corrected chi connectivity index (χ0v) is 15.0. The van der Waals surface area contributed by atoms with Crippen molar-refractivity contribution >= 4 is 6.03 Å². The molecule has 0 radical (unpaired) electrons. The van der Waals surface area contributed by atoms with Gasteiger partial charge in [0.2, 0.25) is 11.8 Å². The molecule has 3 N–H and O–H groups in total. The van der Waals surface area contributed by atoms with Crippen LogP contribution in [-0.4, -0.2) is 40.5 Å². The van der Waals surface area contributed by atoms with Crippen LogP contribution in [0.3, 0.4) is 0 Å². The molecular weight excluding hydrogens is 320 g/mol. The molecule has 2 aromatic rings. The van der Waals surface area contributed by atoms with Gasteiger partial charge in [0.05, 0.1) is 6.10 Å². The summed E-state index contributed by atoms with van der Waals surface area (Å²) >= 11 is 0.